The van der Waals surface area contributed by atoms with E-state index >= 15 is 0 Å². The average Bonchev–Trinajstić information content (AvgIpc) is 2.62. The minimum absolute atomic E-state index is 0.0318. The molecule has 1 aliphatic heterocycles. The van der Waals surface area contributed by atoms with Crippen molar-refractivity contribution in [2.75, 3.05) is 13.2 Å². The fourth-order valence-corrected chi connectivity index (χ4v) is 1.85. The number of hydrogen-bond acceptors (Lipinski definition) is 2. The van der Waals surface area contributed by atoms with Crippen molar-refractivity contribution in [1.82, 2.24) is 4.90 Å². The largest absolute Gasteiger partial charge is 0.447 e. The minimum atomic E-state index is -0.227. The van der Waals surface area contributed by atoms with Crippen LogP contribution >= 0.6 is 0 Å². The third-order valence-electron chi connectivity index (χ3n) is 2.76. The molecule has 1 atom stereocenters. The van der Waals surface area contributed by atoms with Gasteiger partial charge < -0.3 is 4.74 Å². The van der Waals surface area contributed by atoms with Gasteiger partial charge >= 0.3 is 6.09 Å². The predicted octanol–water partition coefficient (Wildman–Crippen LogP) is 2.27. The lowest BCUT2D eigenvalue weighted by Gasteiger charge is -2.20. The Labute approximate surface area is 89.7 Å². The molecule has 0 saturated carbocycles. The highest BCUT2D eigenvalue weighted by molar-refractivity contribution is 5.71. The van der Waals surface area contributed by atoms with Gasteiger partial charge in [-0.1, -0.05) is 29.9 Å². The van der Waals surface area contributed by atoms with Crippen LogP contribution in [0.4, 0.5) is 4.79 Å². The van der Waals surface area contributed by atoms with Crippen molar-refractivity contribution < 1.29 is 9.53 Å². The molecule has 0 spiro atoms. The van der Waals surface area contributed by atoms with Crippen LogP contribution in [0.3, 0.4) is 0 Å². The van der Waals surface area contributed by atoms with Crippen molar-refractivity contribution in [2.45, 2.75) is 18.9 Å². The van der Waals surface area contributed by atoms with E-state index < -0.39 is 0 Å². The van der Waals surface area contributed by atoms with Crippen molar-refractivity contribution >= 4 is 6.09 Å². The molecular weight excluding hydrogens is 190 g/mol. The highest BCUT2D eigenvalue weighted by Crippen LogP contribution is 2.19. The Bertz CT molecular complexity index is 331. The molecule has 3 heteroatoms. The molecule has 0 aromatic heterocycles. The van der Waals surface area contributed by atoms with Crippen LogP contribution in [-0.2, 0) is 4.74 Å². The van der Waals surface area contributed by atoms with E-state index in [1.54, 1.807) is 11.0 Å². The second kappa shape index (κ2) is 4.34. The molecule has 1 fully saturated rings. The highest BCUT2D eigenvalue weighted by atomic mass is 16.6. The first-order chi connectivity index (χ1) is 7.31. The summed E-state index contributed by atoms with van der Waals surface area (Å²) < 4.78 is 4.98. The summed E-state index contributed by atoms with van der Waals surface area (Å²) in [6.07, 6.45) is 9.90. The van der Waals surface area contributed by atoms with E-state index in [1.165, 1.54) is 5.57 Å². The van der Waals surface area contributed by atoms with Gasteiger partial charge in [0.2, 0.25) is 0 Å². The fraction of sp³-hybridized carbons (Fsp3) is 0.417. The molecule has 2 aliphatic rings. The lowest BCUT2D eigenvalue weighted by Crippen LogP contribution is -2.33. The van der Waals surface area contributed by atoms with Gasteiger partial charge in [-0.3, -0.25) is 4.90 Å². The average molecular weight is 205 g/mol. The van der Waals surface area contributed by atoms with Gasteiger partial charge in [0.05, 0.1) is 6.04 Å². The van der Waals surface area contributed by atoms with E-state index in [4.69, 9.17) is 4.74 Å². The molecule has 2 rings (SSSR count). The topological polar surface area (TPSA) is 29.5 Å². The Balaban J connectivity index is 2.03. The zero-order valence-electron chi connectivity index (χ0n) is 8.69. The fourth-order valence-electron chi connectivity index (χ4n) is 1.85. The third-order valence-corrected chi connectivity index (χ3v) is 2.76. The minimum Gasteiger partial charge on any atom is -0.447 e. The Morgan fingerprint density at radius 2 is 2.53 bits per heavy atom. The number of rotatable bonds is 3. The molecule has 15 heavy (non-hydrogen) atoms. The molecule has 1 saturated heterocycles. The summed E-state index contributed by atoms with van der Waals surface area (Å²) in [5.74, 6) is 0. The first-order valence-electron chi connectivity index (χ1n) is 5.22. The molecule has 0 aromatic rings. The number of nitrogens with zero attached hydrogens (tertiary/aromatic N) is 1. The molecule has 80 valence electrons. The maximum Gasteiger partial charge on any atom is 0.410 e. The monoisotopic (exact) mass is 205 g/mol. The van der Waals surface area contributed by atoms with Gasteiger partial charge in [0.25, 0.3) is 0 Å². The number of carbonyl (C=O) groups excluding carboxylic acids is 1. The summed E-state index contributed by atoms with van der Waals surface area (Å²) >= 11 is 0. The van der Waals surface area contributed by atoms with Gasteiger partial charge in [0.15, 0.2) is 0 Å². The van der Waals surface area contributed by atoms with Gasteiger partial charge in [0, 0.05) is 6.54 Å². The zero-order valence-corrected chi connectivity index (χ0v) is 8.69. The maximum atomic E-state index is 11.4. The van der Waals surface area contributed by atoms with E-state index in [9.17, 15) is 4.79 Å². The summed E-state index contributed by atoms with van der Waals surface area (Å²) in [5, 5.41) is 0. The van der Waals surface area contributed by atoms with E-state index in [0.29, 0.717) is 13.2 Å². The molecule has 1 aliphatic carbocycles. The SMILES string of the molecule is C=CC1COC(=O)N1CC1=CC=CCC1. The summed E-state index contributed by atoms with van der Waals surface area (Å²) in [6.45, 7) is 4.82. The molecule has 3 nitrogen and oxygen atoms in total. The Hall–Kier alpha value is -1.51. The molecule has 0 bridgehead atoms. The van der Waals surface area contributed by atoms with Crippen LogP contribution in [0.25, 0.3) is 0 Å². The quantitative estimate of drug-likeness (QED) is 0.661. The summed E-state index contributed by atoms with van der Waals surface area (Å²) in [5.41, 5.74) is 1.28. The molecule has 0 N–H and O–H groups in total. The van der Waals surface area contributed by atoms with Gasteiger partial charge in [-0.15, -0.1) is 6.58 Å². The van der Waals surface area contributed by atoms with Crippen LogP contribution in [0.5, 0.6) is 0 Å². The summed E-state index contributed by atoms with van der Waals surface area (Å²) in [6, 6.07) is 0.0318. The first-order valence-corrected chi connectivity index (χ1v) is 5.22. The van der Waals surface area contributed by atoms with Gasteiger partial charge in [-0.05, 0) is 12.8 Å². The molecular formula is C12H15NO2. The van der Waals surface area contributed by atoms with E-state index in [1.807, 2.05) is 6.08 Å². The number of allylic oxidation sites excluding steroid dienone is 3. The Kier molecular flexibility index (Phi) is 2.90. The Morgan fingerprint density at radius 3 is 3.20 bits per heavy atom. The molecule has 1 unspecified atom stereocenters. The second-order valence-corrected chi connectivity index (χ2v) is 3.80. The molecule has 1 heterocycles. The van der Waals surface area contributed by atoms with Crippen LogP contribution in [0.1, 0.15) is 12.8 Å². The number of cyclic esters (lactones) is 1. The normalized spacial score (nSPS) is 25.1. The number of carbonyl (C=O) groups is 1. The van der Waals surface area contributed by atoms with Crippen molar-refractivity contribution in [1.29, 1.82) is 0 Å². The Morgan fingerprint density at radius 1 is 1.67 bits per heavy atom. The molecule has 1 amide bonds. The lowest BCUT2D eigenvalue weighted by atomic mass is 10.0. The van der Waals surface area contributed by atoms with Crippen molar-refractivity contribution in [3.63, 3.8) is 0 Å². The third kappa shape index (κ3) is 2.12. The predicted molar refractivity (Wildman–Crippen MR) is 58.5 cm³/mol. The van der Waals surface area contributed by atoms with E-state index in [2.05, 4.69) is 18.7 Å². The van der Waals surface area contributed by atoms with Gasteiger partial charge in [0.1, 0.15) is 6.61 Å². The van der Waals surface area contributed by atoms with Crippen LogP contribution in [0, 0.1) is 0 Å². The van der Waals surface area contributed by atoms with Crippen molar-refractivity contribution in [2.24, 2.45) is 0 Å². The molecule has 0 radical (unpaired) electrons. The number of ether oxygens (including phenoxy) is 1. The van der Waals surface area contributed by atoms with E-state index in [-0.39, 0.29) is 12.1 Å². The zero-order chi connectivity index (χ0) is 10.7. The standard InChI is InChI=1S/C12H15NO2/c1-2-11-9-15-12(14)13(11)8-10-6-4-3-5-7-10/h2-4,6,11H,1,5,7-9H2. The maximum absolute atomic E-state index is 11.4. The van der Waals surface area contributed by atoms with Crippen LogP contribution in [0.15, 0.2) is 36.5 Å². The van der Waals surface area contributed by atoms with Crippen LogP contribution in [0.2, 0.25) is 0 Å². The summed E-state index contributed by atoms with van der Waals surface area (Å²) in [7, 11) is 0. The first kappa shape index (κ1) is 10.0. The second-order valence-electron chi connectivity index (χ2n) is 3.80. The highest BCUT2D eigenvalue weighted by Gasteiger charge is 2.30. The number of hydrogen-bond donors (Lipinski definition) is 0. The van der Waals surface area contributed by atoms with Crippen LogP contribution in [-0.4, -0.2) is 30.2 Å². The lowest BCUT2D eigenvalue weighted by molar-refractivity contribution is 0.160. The van der Waals surface area contributed by atoms with Crippen molar-refractivity contribution in [3.8, 4) is 0 Å². The number of amides is 1. The van der Waals surface area contributed by atoms with Crippen molar-refractivity contribution in [3.05, 3.63) is 36.5 Å². The molecule has 0 aromatic carbocycles. The van der Waals surface area contributed by atoms with Gasteiger partial charge in [-0.25, -0.2) is 4.79 Å². The van der Waals surface area contributed by atoms with Crippen LogP contribution < -0.4 is 0 Å². The summed E-state index contributed by atoms with van der Waals surface area (Å²) in [4.78, 5) is 13.2. The smallest absolute Gasteiger partial charge is 0.410 e. The van der Waals surface area contributed by atoms with E-state index in [0.717, 1.165) is 12.8 Å². The van der Waals surface area contributed by atoms with Gasteiger partial charge in [-0.2, -0.15) is 0 Å².